The third kappa shape index (κ3) is 6.13. The maximum atomic E-state index is 13.4. The van der Waals surface area contributed by atoms with Crippen molar-refractivity contribution >= 4 is 33.7 Å². The van der Waals surface area contributed by atoms with Crippen LogP contribution in [0, 0.1) is 5.82 Å². The number of benzene rings is 2. The van der Waals surface area contributed by atoms with E-state index in [1.54, 1.807) is 50.2 Å². The first-order valence-corrected chi connectivity index (χ1v) is 10.2. The van der Waals surface area contributed by atoms with Gasteiger partial charge in [-0.3, -0.25) is 14.4 Å². The van der Waals surface area contributed by atoms with Crippen LogP contribution in [0.2, 0.25) is 0 Å². The van der Waals surface area contributed by atoms with Crippen molar-refractivity contribution in [1.29, 1.82) is 0 Å². The summed E-state index contributed by atoms with van der Waals surface area (Å²) in [5, 5.41) is 9.08. The number of hydrogen-bond acceptors (Lipinski definition) is 3. The molecule has 2 amide bonds. The molecule has 0 saturated heterocycles. The lowest BCUT2D eigenvalue weighted by Gasteiger charge is -2.43. The molecule has 2 rings (SSSR count). The Balaban J connectivity index is 2.47. The Labute approximate surface area is 183 Å². The van der Waals surface area contributed by atoms with Crippen LogP contribution < -0.4 is 5.73 Å². The van der Waals surface area contributed by atoms with Gasteiger partial charge in [-0.1, -0.05) is 28.1 Å². The zero-order valence-corrected chi connectivity index (χ0v) is 18.4. The fourth-order valence-corrected chi connectivity index (χ4v) is 3.68. The van der Waals surface area contributed by atoms with Gasteiger partial charge >= 0.3 is 5.97 Å². The van der Waals surface area contributed by atoms with E-state index in [2.05, 4.69) is 15.9 Å². The average molecular weight is 479 g/mol. The molecule has 0 fully saturated rings. The van der Waals surface area contributed by atoms with Gasteiger partial charge in [-0.2, -0.15) is 0 Å². The van der Waals surface area contributed by atoms with Crippen molar-refractivity contribution in [2.75, 3.05) is 0 Å². The van der Waals surface area contributed by atoms with Crippen LogP contribution in [0.25, 0.3) is 0 Å². The van der Waals surface area contributed by atoms with E-state index in [4.69, 9.17) is 10.8 Å². The number of carboxylic acid groups (broad SMARTS) is 1. The van der Waals surface area contributed by atoms with E-state index in [-0.39, 0.29) is 18.7 Å². The number of carbonyl (C=O) groups is 3. The number of nitrogens with two attached hydrogens (primary N) is 1. The molecule has 6 nitrogen and oxygen atoms in total. The third-order valence-electron chi connectivity index (χ3n) is 4.78. The van der Waals surface area contributed by atoms with E-state index in [1.165, 1.54) is 17.0 Å². The molecule has 1 atom stereocenters. The third-order valence-corrected chi connectivity index (χ3v) is 5.31. The molecule has 30 heavy (non-hydrogen) atoms. The second kappa shape index (κ2) is 9.84. The Kier molecular flexibility index (Phi) is 7.72. The first kappa shape index (κ1) is 23.5. The van der Waals surface area contributed by atoms with Gasteiger partial charge in [0.25, 0.3) is 5.91 Å². The number of primary amides is 1. The topological polar surface area (TPSA) is 101 Å². The lowest BCUT2D eigenvalue weighted by Crippen LogP contribution is -2.58. The zero-order chi connectivity index (χ0) is 22.5. The molecule has 0 radical (unpaired) electrons. The standard InChI is InChI=1S/C22H24BrFN2O4/c1-22(2,13-14-3-9-17(24)10-4-14)26(18(20(25)29)11-12-19(27)28)21(30)15-5-7-16(23)8-6-15/h3-10,18H,11-13H2,1-2H3,(H2,25,29)(H,27,28)/t18-/m0/s1. The Hall–Kier alpha value is -2.74. The summed E-state index contributed by atoms with van der Waals surface area (Å²) in [6.07, 6.45) is -0.115. The van der Waals surface area contributed by atoms with Gasteiger partial charge in [-0.05, 0) is 68.7 Å². The lowest BCUT2D eigenvalue weighted by molar-refractivity contribution is -0.137. The fourth-order valence-electron chi connectivity index (χ4n) is 3.42. The van der Waals surface area contributed by atoms with Gasteiger partial charge in [0.15, 0.2) is 0 Å². The number of carbonyl (C=O) groups excluding carboxylic acids is 2. The normalized spacial score (nSPS) is 12.3. The van der Waals surface area contributed by atoms with Crippen molar-refractivity contribution in [3.05, 3.63) is 69.9 Å². The molecular weight excluding hydrogens is 455 g/mol. The summed E-state index contributed by atoms with van der Waals surface area (Å²) in [7, 11) is 0. The number of nitrogens with zero attached hydrogens (tertiary/aromatic N) is 1. The van der Waals surface area contributed by atoms with Crippen LogP contribution in [0.15, 0.2) is 53.0 Å². The van der Waals surface area contributed by atoms with E-state index in [9.17, 15) is 18.8 Å². The van der Waals surface area contributed by atoms with Gasteiger partial charge in [0.05, 0.1) is 0 Å². The van der Waals surface area contributed by atoms with Crippen molar-refractivity contribution in [2.45, 2.75) is 44.7 Å². The van der Waals surface area contributed by atoms with Gasteiger partial charge < -0.3 is 15.7 Å². The Bertz CT molecular complexity index is 914. The van der Waals surface area contributed by atoms with E-state index in [0.29, 0.717) is 12.0 Å². The molecule has 8 heteroatoms. The van der Waals surface area contributed by atoms with Gasteiger partial charge in [-0.25, -0.2) is 4.39 Å². The monoisotopic (exact) mass is 478 g/mol. The van der Waals surface area contributed by atoms with Gasteiger partial charge in [0.2, 0.25) is 5.91 Å². The summed E-state index contributed by atoms with van der Waals surface area (Å²) < 4.78 is 14.1. The summed E-state index contributed by atoms with van der Waals surface area (Å²) in [4.78, 5) is 38.2. The minimum atomic E-state index is -1.12. The second-order valence-corrected chi connectivity index (χ2v) is 8.56. The predicted molar refractivity (Wildman–Crippen MR) is 114 cm³/mol. The number of hydrogen-bond donors (Lipinski definition) is 2. The summed E-state index contributed by atoms with van der Waals surface area (Å²) >= 11 is 3.32. The van der Waals surface area contributed by atoms with Crippen molar-refractivity contribution in [1.82, 2.24) is 4.90 Å². The van der Waals surface area contributed by atoms with Crippen LogP contribution in [-0.2, 0) is 16.0 Å². The second-order valence-electron chi connectivity index (χ2n) is 7.65. The summed E-state index contributed by atoms with van der Waals surface area (Å²) in [6.45, 7) is 3.54. The zero-order valence-electron chi connectivity index (χ0n) is 16.8. The van der Waals surface area contributed by atoms with Gasteiger partial charge in [0, 0.05) is 22.0 Å². The molecule has 2 aromatic carbocycles. The first-order valence-electron chi connectivity index (χ1n) is 9.36. The van der Waals surface area contributed by atoms with Crippen LogP contribution in [0.5, 0.6) is 0 Å². The van der Waals surface area contributed by atoms with Gasteiger partial charge in [0.1, 0.15) is 11.9 Å². The SMILES string of the molecule is CC(C)(Cc1ccc(F)cc1)N(C(=O)c1ccc(Br)cc1)[C@@H](CCC(=O)O)C(N)=O. The molecule has 0 aliphatic carbocycles. The fraction of sp³-hybridized carbons (Fsp3) is 0.318. The van der Waals surface area contributed by atoms with Crippen LogP contribution >= 0.6 is 15.9 Å². The molecule has 0 saturated carbocycles. The van der Waals surface area contributed by atoms with Crippen molar-refractivity contribution < 1.29 is 23.9 Å². The van der Waals surface area contributed by atoms with Gasteiger partial charge in [-0.15, -0.1) is 0 Å². The summed E-state index contributed by atoms with van der Waals surface area (Å²) in [6, 6.07) is 11.4. The number of rotatable bonds is 9. The van der Waals surface area contributed by atoms with E-state index in [1.807, 2.05) is 0 Å². The summed E-state index contributed by atoms with van der Waals surface area (Å²) in [5.74, 6) is -2.69. The molecule has 0 aromatic heterocycles. The molecule has 0 aliphatic heterocycles. The highest BCUT2D eigenvalue weighted by molar-refractivity contribution is 9.10. The lowest BCUT2D eigenvalue weighted by atomic mass is 9.89. The Morgan fingerprint density at radius 2 is 1.67 bits per heavy atom. The largest absolute Gasteiger partial charge is 0.481 e. The molecule has 0 bridgehead atoms. The molecule has 0 unspecified atom stereocenters. The molecule has 2 aromatic rings. The highest BCUT2D eigenvalue weighted by Gasteiger charge is 2.39. The highest BCUT2D eigenvalue weighted by atomic mass is 79.9. The molecular formula is C22H24BrFN2O4. The van der Waals surface area contributed by atoms with Crippen LogP contribution in [-0.4, -0.2) is 39.4 Å². The van der Waals surface area contributed by atoms with E-state index in [0.717, 1.165) is 10.0 Å². The number of aliphatic carboxylic acids is 1. The molecule has 160 valence electrons. The molecule has 3 N–H and O–H groups in total. The maximum absolute atomic E-state index is 13.4. The molecule has 0 spiro atoms. The quantitative estimate of drug-likeness (QED) is 0.572. The Morgan fingerprint density at radius 3 is 2.17 bits per heavy atom. The number of carboxylic acids is 1. The highest BCUT2D eigenvalue weighted by Crippen LogP contribution is 2.28. The minimum absolute atomic E-state index is 0.111. The van der Waals surface area contributed by atoms with Crippen molar-refractivity contribution in [3.63, 3.8) is 0 Å². The smallest absolute Gasteiger partial charge is 0.303 e. The van der Waals surface area contributed by atoms with E-state index >= 15 is 0 Å². The maximum Gasteiger partial charge on any atom is 0.303 e. The van der Waals surface area contributed by atoms with Crippen LogP contribution in [0.4, 0.5) is 4.39 Å². The van der Waals surface area contributed by atoms with Crippen molar-refractivity contribution in [2.24, 2.45) is 5.73 Å². The van der Waals surface area contributed by atoms with E-state index < -0.39 is 29.4 Å². The van der Waals surface area contributed by atoms with Crippen molar-refractivity contribution in [3.8, 4) is 0 Å². The van der Waals surface area contributed by atoms with Crippen LogP contribution in [0.3, 0.4) is 0 Å². The minimum Gasteiger partial charge on any atom is -0.481 e. The first-order chi connectivity index (χ1) is 14.0. The van der Waals surface area contributed by atoms with Crippen LogP contribution in [0.1, 0.15) is 42.6 Å². The Morgan fingerprint density at radius 1 is 1.10 bits per heavy atom. The average Bonchev–Trinajstić information content (AvgIpc) is 2.66. The molecule has 0 aliphatic rings. The summed E-state index contributed by atoms with van der Waals surface area (Å²) in [5.41, 5.74) is 5.77. The molecule has 0 heterocycles. The number of halogens is 2. The number of amides is 2. The predicted octanol–water partition coefficient (Wildman–Crippen LogP) is 3.77.